The first-order valence-corrected chi connectivity index (χ1v) is 12.0. The van der Waals surface area contributed by atoms with Crippen LogP contribution >= 0.6 is 0 Å². The summed E-state index contributed by atoms with van der Waals surface area (Å²) in [6.07, 6.45) is 9.06. The van der Waals surface area contributed by atoms with E-state index in [0.717, 1.165) is 69.4 Å². The molecule has 2 aliphatic heterocycles. The minimum absolute atomic E-state index is 0.194. The van der Waals surface area contributed by atoms with Crippen molar-refractivity contribution in [2.75, 3.05) is 19.6 Å². The molecule has 2 aliphatic rings. The molecule has 5 rings (SSSR count). The van der Waals surface area contributed by atoms with Gasteiger partial charge in [0.1, 0.15) is 0 Å². The Morgan fingerprint density at radius 3 is 2.38 bits per heavy atom. The van der Waals surface area contributed by atoms with Gasteiger partial charge in [-0.05, 0) is 68.0 Å². The van der Waals surface area contributed by atoms with Gasteiger partial charge in [-0.3, -0.25) is 19.7 Å². The minimum Gasteiger partial charge on any atom is -0.338 e. The van der Waals surface area contributed by atoms with Crippen molar-refractivity contribution in [1.29, 1.82) is 0 Å². The molecule has 2 saturated heterocycles. The van der Waals surface area contributed by atoms with Gasteiger partial charge in [-0.1, -0.05) is 42.8 Å². The van der Waals surface area contributed by atoms with Crippen molar-refractivity contribution in [3.8, 4) is 0 Å². The van der Waals surface area contributed by atoms with Gasteiger partial charge in [-0.2, -0.15) is 0 Å². The summed E-state index contributed by atoms with van der Waals surface area (Å²) >= 11 is 0. The third-order valence-corrected chi connectivity index (χ3v) is 7.18. The lowest BCUT2D eigenvalue weighted by Crippen LogP contribution is -2.42. The van der Waals surface area contributed by atoms with Crippen LogP contribution in [-0.2, 0) is 17.9 Å². The fraction of sp³-hybridized carbons (Fsp3) is 0.444. The number of amides is 1. The Morgan fingerprint density at radius 1 is 0.781 bits per heavy atom. The normalized spacial score (nSPS) is 21.1. The molecule has 0 aliphatic carbocycles. The Bertz CT molecular complexity index is 1050. The zero-order valence-corrected chi connectivity index (χ0v) is 18.7. The zero-order chi connectivity index (χ0) is 21.8. The molecule has 166 valence electrons. The number of likely N-dealkylation sites (tertiary alicyclic amines) is 2. The molecule has 1 aromatic heterocycles. The largest absolute Gasteiger partial charge is 0.338 e. The van der Waals surface area contributed by atoms with Crippen molar-refractivity contribution in [3.63, 3.8) is 0 Å². The number of nitrogens with zero attached hydrogens (tertiary/aromatic N) is 4. The molecule has 0 radical (unpaired) electrons. The van der Waals surface area contributed by atoms with Crippen molar-refractivity contribution >= 4 is 16.9 Å². The van der Waals surface area contributed by atoms with Gasteiger partial charge < -0.3 is 4.90 Å². The summed E-state index contributed by atoms with van der Waals surface area (Å²) in [5.41, 5.74) is 4.43. The second-order valence-electron chi connectivity index (χ2n) is 9.34. The Hall–Kier alpha value is -2.79. The van der Waals surface area contributed by atoms with Crippen LogP contribution in [0.4, 0.5) is 0 Å². The van der Waals surface area contributed by atoms with E-state index in [1.165, 1.54) is 17.5 Å². The number of hydrogen-bond donors (Lipinski definition) is 0. The molecule has 3 aromatic rings. The lowest BCUT2D eigenvalue weighted by Gasteiger charge is -2.36. The van der Waals surface area contributed by atoms with Gasteiger partial charge in [0.2, 0.25) is 5.91 Å². The Morgan fingerprint density at radius 2 is 1.56 bits per heavy atom. The molecule has 0 saturated carbocycles. The SMILES string of the molecule is O=C1C(C2CCN(Cc3ccc4nccnc4c3)CC2)CCCCN1Cc1ccccc1. The van der Waals surface area contributed by atoms with Gasteiger partial charge in [0.15, 0.2) is 0 Å². The summed E-state index contributed by atoms with van der Waals surface area (Å²) in [7, 11) is 0. The molecule has 1 atom stereocenters. The predicted molar refractivity (Wildman–Crippen MR) is 127 cm³/mol. The van der Waals surface area contributed by atoms with Gasteiger partial charge in [-0.15, -0.1) is 0 Å². The highest BCUT2D eigenvalue weighted by Crippen LogP contribution is 2.33. The van der Waals surface area contributed by atoms with Crippen molar-refractivity contribution in [3.05, 3.63) is 72.1 Å². The Labute approximate surface area is 190 Å². The summed E-state index contributed by atoms with van der Waals surface area (Å²) in [5, 5.41) is 0. The average molecular weight is 429 g/mol. The van der Waals surface area contributed by atoms with E-state index >= 15 is 0 Å². The van der Waals surface area contributed by atoms with Crippen LogP contribution in [0.5, 0.6) is 0 Å². The number of rotatable bonds is 5. The Balaban J connectivity index is 1.19. The van der Waals surface area contributed by atoms with E-state index in [-0.39, 0.29) is 5.92 Å². The fourth-order valence-corrected chi connectivity index (χ4v) is 5.41. The second-order valence-corrected chi connectivity index (χ2v) is 9.34. The minimum atomic E-state index is 0.194. The van der Waals surface area contributed by atoms with E-state index in [0.29, 0.717) is 11.8 Å². The van der Waals surface area contributed by atoms with Crippen molar-refractivity contribution in [2.24, 2.45) is 11.8 Å². The van der Waals surface area contributed by atoms with Crippen LogP contribution in [0, 0.1) is 11.8 Å². The number of carbonyl (C=O) groups is 1. The molecule has 0 N–H and O–H groups in total. The third kappa shape index (κ3) is 4.83. The number of hydrogen-bond acceptors (Lipinski definition) is 4. The maximum absolute atomic E-state index is 13.4. The van der Waals surface area contributed by atoms with E-state index < -0.39 is 0 Å². The molecule has 1 unspecified atom stereocenters. The molecule has 0 bridgehead atoms. The average Bonchev–Trinajstić information content (AvgIpc) is 3.02. The number of benzene rings is 2. The monoisotopic (exact) mass is 428 g/mol. The highest BCUT2D eigenvalue weighted by atomic mass is 16.2. The molecule has 5 nitrogen and oxygen atoms in total. The number of carbonyl (C=O) groups excluding carboxylic acids is 1. The molecule has 2 fully saturated rings. The van der Waals surface area contributed by atoms with Crippen LogP contribution in [0.2, 0.25) is 0 Å². The number of fused-ring (bicyclic) bond motifs is 1. The topological polar surface area (TPSA) is 49.3 Å². The van der Waals surface area contributed by atoms with Gasteiger partial charge in [0.25, 0.3) is 0 Å². The quantitative estimate of drug-likeness (QED) is 0.593. The van der Waals surface area contributed by atoms with E-state index in [9.17, 15) is 4.79 Å². The van der Waals surface area contributed by atoms with Crippen LogP contribution < -0.4 is 0 Å². The van der Waals surface area contributed by atoms with E-state index in [1.54, 1.807) is 12.4 Å². The lowest BCUT2D eigenvalue weighted by atomic mass is 9.81. The maximum atomic E-state index is 13.4. The zero-order valence-electron chi connectivity index (χ0n) is 18.7. The molecule has 0 spiro atoms. The predicted octanol–water partition coefficient (Wildman–Crippen LogP) is 4.67. The molecule has 2 aromatic carbocycles. The van der Waals surface area contributed by atoms with Gasteiger partial charge in [-0.25, -0.2) is 0 Å². The van der Waals surface area contributed by atoms with Crippen molar-refractivity contribution < 1.29 is 4.79 Å². The molecule has 1 amide bonds. The standard InChI is InChI=1S/C27H32N4O/c32-27-24(8-4-5-15-31(27)20-21-6-2-1-3-7-21)23-11-16-30(17-12-23)19-22-9-10-25-26(18-22)29-14-13-28-25/h1-3,6-7,9-10,13-14,18,23-24H,4-5,8,11-12,15-17,19-20H2. The van der Waals surface area contributed by atoms with Gasteiger partial charge in [0, 0.05) is 37.9 Å². The first kappa shape index (κ1) is 21.1. The lowest BCUT2D eigenvalue weighted by molar-refractivity contribution is -0.138. The highest BCUT2D eigenvalue weighted by Gasteiger charge is 2.35. The maximum Gasteiger partial charge on any atom is 0.226 e. The van der Waals surface area contributed by atoms with Crippen molar-refractivity contribution in [1.82, 2.24) is 19.8 Å². The summed E-state index contributed by atoms with van der Waals surface area (Å²) in [6, 6.07) is 16.8. The Kier molecular flexibility index (Phi) is 6.44. The van der Waals surface area contributed by atoms with E-state index in [1.807, 2.05) is 6.07 Å². The second kappa shape index (κ2) is 9.78. The summed E-state index contributed by atoms with van der Waals surface area (Å²) in [4.78, 5) is 26.9. The molecular weight excluding hydrogens is 396 g/mol. The van der Waals surface area contributed by atoms with Gasteiger partial charge in [0.05, 0.1) is 11.0 Å². The number of aromatic nitrogens is 2. The first-order valence-electron chi connectivity index (χ1n) is 12.0. The van der Waals surface area contributed by atoms with Gasteiger partial charge >= 0.3 is 0 Å². The highest BCUT2D eigenvalue weighted by molar-refractivity contribution is 5.79. The van der Waals surface area contributed by atoms with Crippen LogP contribution in [0.1, 0.15) is 43.2 Å². The third-order valence-electron chi connectivity index (χ3n) is 7.18. The van der Waals surface area contributed by atoms with Crippen LogP contribution in [0.25, 0.3) is 11.0 Å². The van der Waals surface area contributed by atoms with Crippen LogP contribution in [0.3, 0.4) is 0 Å². The molecule has 32 heavy (non-hydrogen) atoms. The van der Waals surface area contributed by atoms with Crippen LogP contribution in [-0.4, -0.2) is 45.3 Å². The molecule has 3 heterocycles. The summed E-state index contributed by atoms with van der Waals surface area (Å²) in [6.45, 7) is 4.71. The number of piperidine rings is 1. The summed E-state index contributed by atoms with van der Waals surface area (Å²) < 4.78 is 0. The fourth-order valence-electron chi connectivity index (χ4n) is 5.41. The van der Waals surface area contributed by atoms with E-state index in [2.05, 4.69) is 62.2 Å². The first-order chi connectivity index (χ1) is 15.8. The molecule has 5 heteroatoms. The van der Waals surface area contributed by atoms with Crippen LogP contribution in [0.15, 0.2) is 60.9 Å². The smallest absolute Gasteiger partial charge is 0.226 e. The summed E-state index contributed by atoms with van der Waals surface area (Å²) in [5.74, 6) is 1.09. The van der Waals surface area contributed by atoms with Crippen molar-refractivity contribution in [2.45, 2.75) is 45.2 Å². The molecular formula is C27H32N4O. The van der Waals surface area contributed by atoms with E-state index in [4.69, 9.17) is 0 Å².